The van der Waals surface area contributed by atoms with E-state index in [1.54, 1.807) is 6.92 Å². The van der Waals surface area contributed by atoms with Crippen molar-refractivity contribution in [1.29, 1.82) is 0 Å². The maximum Gasteiger partial charge on any atom is 0.433 e. The summed E-state index contributed by atoms with van der Waals surface area (Å²) in [6.07, 6.45) is -0.416. The van der Waals surface area contributed by atoms with Gasteiger partial charge >= 0.3 is 6.18 Å². The number of aryl methyl sites for hydroxylation is 1. The van der Waals surface area contributed by atoms with Crippen molar-refractivity contribution in [2.45, 2.75) is 13.1 Å². The molecule has 0 fully saturated rings. The number of rotatable bonds is 1. The molecule has 16 heavy (non-hydrogen) atoms. The molecule has 0 N–H and O–H groups in total. The SMILES string of the molecule is Cc1nccn1-c1nccc(C(F)(F)F)n1. The van der Waals surface area contributed by atoms with Gasteiger partial charge in [0.05, 0.1) is 0 Å². The van der Waals surface area contributed by atoms with Gasteiger partial charge in [-0.3, -0.25) is 4.57 Å². The first kappa shape index (κ1) is 10.6. The number of aromatic nitrogens is 4. The molecule has 0 aliphatic rings. The van der Waals surface area contributed by atoms with Gasteiger partial charge < -0.3 is 0 Å². The quantitative estimate of drug-likeness (QED) is 0.749. The van der Waals surface area contributed by atoms with Gasteiger partial charge in [-0.05, 0) is 13.0 Å². The number of hydrogen-bond donors (Lipinski definition) is 0. The van der Waals surface area contributed by atoms with Crippen LogP contribution in [0.25, 0.3) is 5.95 Å². The average molecular weight is 228 g/mol. The molecular weight excluding hydrogens is 221 g/mol. The molecule has 0 radical (unpaired) electrons. The Labute approximate surface area is 88.8 Å². The Kier molecular flexibility index (Phi) is 2.37. The molecule has 2 aromatic heterocycles. The summed E-state index contributed by atoms with van der Waals surface area (Å²) < 4.78 is 38.6. The molecule has 84 valence electrons. The van der Waals surface area contributed by atoms with E-state index in [9.17, 15) is 13.2 Å². The largest absolute Gasteiger partial charge is 0.433 e. The fraction of sp³-hybridized carbons (Fsp3) is 0.222. The van der Waals surface area contributed by atoms with Crippen LogP contribution in [-0.4, -0.2) is 19.5 Å². The molecule has 0 aromatic carbocycles. The highest BCUT2D eigenvalue weighted by Gasteiger charge is 2.32. The first-order chi connectivity index (χ1) is 7.48. The van der Waals surface area contributed by atoms with Crippen LogP contribution in [0.2, 0.25) is 0 Å². The number of halogens is 3. The van der Waals surface area contributed by atoms with Gasteiger partial charge in [0.1, 0.15) is 11.5 Å². The molecule has 0 unspecified atom stereocenters. The van der Waals surface area contributed by atoms with Crippen molar-refractivity contribution in [2.24, 2.45) is 0 Å². The first-order valence-electron chi connectivity index (χ1n) is 4.39. The van der Waals surface area contributed by atoms with Crippen LogP contribution in [0, 0.1) is 6.92 Å². The third-order valence-electron chi connectivity index (χ3n) is 1.97. The highest BCUT2D eigenvalue weighted by atomic mass is 19.4. The van der Waals surface area contributed by atoms with Crippen LogP contribution >= 0.6 is 0 Å². The molecule has 0 bridgehead atoms. The van der Waals surface area contributed by atoms with Gasteiger partial charge in [-0.2, -0.15) is 13.2 Å². The second-order valence-electron chi connectivity index (χ2n) is 3.08. The van der Waals surface area contributed by atoms with E-state index in [2.05, 4.69) is 15.0 Å². The normalized spacial score (nSPS) is 11.8. The summed E-state index contributed by atoms with van der Waals surface area (Å²) in [7, 11) is 0. The van der Waals surface area contributed by atoms with Gasteiger partial charge in [0, 0.05) is 18.6 Å². The maximum atomic E-state index is 12.4. The van der Waals surface area contributed by atoms with Gasteiger partial charge in [-0.25, -0.2) is 15.0 Å². The zero-order valence-electron chi connectivity index (χ0n) is 8.23. The smallest absolute Gasteiger partial charge is 0.272 e. The predicted octanol–water partition coefficient (Wildman–Crippen LogP) is 1.99. The molecular formula is C9H7F3N4. The van der Waals surface area contributed by atoms with Crippen LogP contribution in [0.3, 0.4) is 0 Å². The van der Waals surface area contributed by atoms with E-state index in [1.165, 1.54) is 17.0 Å². The third kappa shape index (κ3) is 1.88. The number of nitrogens with zero attached hydrogens (tertiary/aromatic N) is 4. The monoisotopic (exact) mass is 228 g/mol. The van der Waals surface area contributed by atoms with Gasteiger partial charge in [-0.15, -0.1) is 0 Å². The summed E-state index contributed by atoms with van der Waals surface area (Å²) >= 11 is 0. The third-order valence-corrected chi connectivity index (χ3v) is 1.97. The lowest BCUT2D eigenvalue weighted by Crippen LogP contribution is -2.11. The molecule has 0 aliphatic heterocycles. The van der Waals surface area contributed by atoms with Crippen LogP contribution < -0.4 is 0 Å². The van der Waals surface area contributed by atoms with E-state index in [-0.39, 0.29) is 5.95 Å². The minimum atomic E-state index is -4.47. The molecule has 0 spiro atoms. The van der Waals surface area contributed by atoms with Gasteiger partial charge in [0.15, 0.2) is 0 Å². The van der Waals surface area contributed by atoms with Crippen LogP contribution in [-0.2, 0) is 6.18 Å². The summed E-state index contributed by atoms with van der Waals surface area (Å²) in [6.45, 7) is 1.66. The first-order valence-corrected chi connectivity index (χ1v) is 4.39. The highest BCUT2D eigenvalue weighted by molar-refractivity contribution is 5.18. The van der Waals surface area contributed by atoms with Crippen molar-refractivity contribution in [2.75, 3.05) is 0 Å². The van der Waals surface area contributed by atoms with Crippen molar-refractivity contribution in [1.82, 2.24) is 19.5 Å². The molecule has 7 heteroatoms. The van der Waals surface area contributed by atoms with Crippen LogP contribution in [0.4, 0.5) is 13.2 Å². The molecule has 2 rings (SSSR count). The molecule has 0 amide bonds. The topological polar surface area (TPSA) is 43.6 Å². The lowest BCUT2D eigenvalue weighted by molar-refractivity contribution is -0.141. The maximum absolute atomic E-state index is 12.4. The molecule has 0 saturated heterocycles. The molecule has 4 nitrogen and oxygen atoms in total. The summed E-state index contributed by atoms with van der Waals surface area (Å²) in [5, 5.41) is 0. The minimum Gasteiger partial charge on any atom is -0.272 e. The lowest BCUT2D eigenvalue weighted by Gasteiger charge is -2.07. The molecule has 0 atom stereocenters. The number of hydrogen-bond acceptors (Lipinski definition) is 3. The van der Waals surface area contributed by atoms with E-state index in [1.807, 2.05) is 0 Å². The standard InChI is InChI=1S/C9H7F3N4/c1-6-13-4-5-16(6)8-14-3-2-7(15-8)9(10,11)12/h2-5H,1H3. The van der Waals surface area contributed by atoms with E-state index >= 15 is 0 Å². The summed E-state index contributed by atoms with van der Waals surface area (Å²) in [5.74, 6) is 0.490. The van der Waals surface area contributed by atoms with Gasteiger partial charge in [-0.1, -0.05) is 0 Å². The zero-order chi connectivity index (χ0) is 11.8. The Morgan fingerprint density at radius 3 is 2.50 bits per heavy atom. The van der Waals surface area contributed by atoms with Crippen molar-refractivity contribution >= 4 is 0 Å². The van der Waals surface area contributed by atoms with Crippen LogP contribution in [0.5, 0.6) is 0 Å². The second kappa shape index (κ2) is 3.58. The lowest BCUT2D eigenvalue weighted by atomic mass is 10.4. The summed E-state index contributed by atoms with van der Waals surface area (Å²) in [6, 6.07) is 0.829. The van der Waals surface area contributed by atoms with E-state index < -0.39 is 11.9 Å². The zero-order valence-corrected chi connectivity index (χ0v) is 8.23. The molecule has 0 aliphatic carbocycles. The fourth-order valence-corrected chi connectivity index (χ4v) is 1.21. The van der Waals surface area contributed by atoms with Gasteiger partial charge in [0.25, 0.3) is 0 Å². The van der Waals surface area contributed by atoms with E-state index in [4.69, 9.17) is 0 Å². The van der Waals surface area contributed by atoms with Crippen molar-refractivity contribution in [3.63, 3.8) is 0 Å². The Balaban J connectivity index is 2.49. The Bertz CT molecular complexity index is 503. The van der Waals surface area contributed by atoms with Crippen molar-refractivity contribution in [3.8, 4) is 5.95 Å². The number of alkyl halides is 3. The molecule has 0 saturated carbocycles. The Morgan fingerprint density at radius 1 is 1.19 bits per heavy atom. The minimum absolute atomic E-state index is 0.0372. The van der Waals surface area contributed by atoms with Crippen molar-refractivity contribution in [3.05, 3.63) is 36.2 Å². The van der Waals surface area contributed by atoms with Crippen LogP contribution in [0.1, 0.15) is 11.5 Å². The fourth-order valence-electron chi connectivity index (χ4n) is 1.21. The van der Waals surface area contributed by atoms with Crippen LogP contribution in [0.15, 0.2) is 24.7 Å². The predicted molar refractivity (Wildman–Crippen MR) is 48.9 cm³/mol. The Morgan fingerprint density at radius 2 is 1.94 bits per heavy atom. The van der Waals surface area contributed by atoms with E-state index in [0.29, 0.717) is 5.82 Å². The highest BCUT2D eigenvalue weighted by Crippen LogP contribution is 2.27. The molecule has 2 heterocycles. The summed E-state index contributed by atoms with van der Waals surface area (Å²) in [4.78, 5) is 11.1. The molecule has 2 aromatic rings. The summed E-state index contributed by atoms with van der Waals surface area (Å²) in [5.41, 5.74) is -0.967. The van der Waals surface area contributed by atoms with E-state index in [0.717, 1.165) is 12.3 Å². The second-order valence-corrected chi connectivity index (χ2v) is 3.08. The average Bonchev–Trinajstić information content (AvgIpc) is 2.63. The van der Waals surface area contributed by atoms with Gasteiger partial charge in [0.2, 0.25) is 5.95 Å². The number of imidazole rings is 1. The van der Waals surface area contributed by atoms with Crippen molar-refractivity contribution < 1.29 is 13.2 Å². The Hall–Kier alpha value is -1.92.